The minimum atomic E-state index is -0.819. The first-order valence-electron chi connectivity index (χ1n) is 8.12. The van der Waals surface area contributed by atoms with Crippen LogP contribution in [-0.4, -0.2) is 47.4 Å². The van der Waals surface area contributed by atoms with Crippen molar-refractivity contribution in [3.8, 4) is 0 Å². The number of hydrogen-bond donors (Lipinski definition) is 1. The lowest BCUT2D eigenvalue weighted by molar-refractivity contribution is -0.130. The van der Waals surface area contributed by atoms with E-state index in [-0.39, 0.29) is 18.0 Å². The highest BCUT2D eigenvalue weighted by Crippen LogP contribution is 2.26. The van der Waals surface area contributed by atoms with Crippen molar-refractivity contribution in [1.82, 2.24) is 15.1 Å². The molecule has 1 aromatic carbocycles. The van der Waals surface area contributed by atoms with Crippen molar-refractivity contribution >= 4 is 22.9 Å². The highest BCUT2D eigenvalue weighted by atomic mass is 16.3. The number of likely N-dealkylation sites (N-methyl/N-ethyl adjacent to an activating group) is 1. The number of fused-ring (bicyclic) bond motifs is 1. The Labute approximate surface area is 141 Å². The second-order valence-electron chi connectivity index (χ2n) is 6.86. The number of carbonyl (C=O) groups excluding carboxylic acids is 2. The molecule has 0 aliphatic carbocycles. The van der Waals surface area contributed by atoms with E-state index in [0.717, 1.165) is 16.7 Å². The smallest absolute Gasteiger partial charge is 0.325 e. The average molecular weight is 329 g/mol. The van der Waals surface area contributed by atoms with Gasteiger partial charge in [-0.3, -0.25) is 14.6 Å². The Bertz CT molecular complexity index is 748. The van der Waals surface area contributed by atoms with Crippen LogP contribution in [-0.2, 0) is 4.79 Å². The number of nitrogens with zero attached hydrogens (tertiary/aromatic N) is 2. The molecule has 1 aliphatic rings. The molecule has 3 amide bonds. The highest BCUT2D eigenvalue weighted by Gasteiger charge is 2.43. The van der Waals surface area contributed by atoms with Crippen LogP contribution in [0, 0.1) is 0 Å². The third-order valence-electron chi connectivity index (χ3n) is 4.64. The summed E-state index contributed by atoms with van der Waals surface area (Å²) >= 11 is 0. The number of urea groups is 1. The first-order valence-corrected chi connectivity index (χ1v) is 8.12. The number of imide groups is 1. The summed E-state index contributed by atoms with van der Waals surface area (Å²) in [5.74, 6) is 0.688. The van der Waals surface area contributed by atoms with Gasteiger partial charge in [0, 0.05) is 18.5 Å². The Morgan fingerprint density at radius 3 is 2.62 bits per heavy atom. The van der Waals surface area contributed by atoms with Crippen molar-refractivity contribution in [2.75, 3.05) is 20.1 Å². The molecule has 0 saturated carbocycles. The SMILES string of the molecule is C[C@H](c1cc2ccccc2o1)N(C)CCN1C(=O)NC(C)(C)C1=O. The maximum absolute atomic E-state index is 12.2. The molecule has 3 rings (SSSR count). The molecule has 0 unspecified atom stereocenters. The first-order chi connectivity index (χ1) is 11.3. The zero-order valence-corrected chi connectivity index (χ0v) is 14.5. The van der Waals surface area contributed by atoms with Gasteiger partial charge in [-0.2, -0.15) is 0 Å². The van der Waals surface area contributed by atoms with Crippen LogP contribution in [0.1, 0.15) is 32.6 Å². The molecule has 2 aromatic rings. The largest absolute Gasteiger partial charge is 0.459 e. The Morgan fingerprint density at radius 1 is 1.29 bits per heavy atom. The molecule has 1 fully saturated rings. The fourth-order valence-electron chi connectivity index (χ4n) is 2.90. The Kier molecular flexibility index (Phi) is 4.09. The summed E-state index contributed by atoms with van der Waals surface area (Å²) in [7, 11) is 1.96. The summed E-state index contributed by atoms with van der Waals surface area (Å²) < 4.78 is 5.90. The van der Waals surface area contributed by atoms with Crippen molar-refractivity contribution in [2.45, 2.75) is 32.4 Å². The van der Waals surface area contributed by atoms with E-state index >= 15 is 0 Å². The summed E-state index contributed by atoms with van der Waals surface area (Å²) in [4.78, 5) is 27.5. The van der Waals surface area contributed by atoms with Crippen molar-refractivity contribution in [3.05, 3.63) is 36.1 Å². The molecular formula is C18H23N3O3. The fourth-order valence-corrected chi connectivity index (χ4v) is 2.90. The molecular weight excluding hydrogens is 306 g/mol. The van der Waals surface area contributed by atoms with Gasteiger partial charge >= 0.3 is 6.03 Å². The molecule has 1 aromatic heterocycles. The summed E-state index contributed by atoms with van der Waals surface area (Å²) in [6.45, 7) is 6.41. The Balaban J connectivity index is 1.65. The van der Waals surface area contributed by atoms with Gasteiger partial charge in [0.2, 0.25) is 0 Å². The van der Waals surface area contributed by atoms with Gasteiger partial charge < -0.3 is 9.73 Å². The zero-order chi connectivity index (χ0) is 17.5. The van der Waals surface area contributed by atoms with Crippen molar-refractivity contribution < 1.29 is 14.0 Å². The standard InChI is InChI=1S/C18H23N3O3/c1-12(15-11-13-7-5-6-8-14(13)24-15)20(4)9-10-21-16(22)18(2,3)19-17(21)23/h5-8,11-12H,9-10H2,1-4H3,(H,19,23)/t12-/m1/s1. The molecule has 1 saturated heterocycles. The van der Waals surface area contributed by atoms with Gasteiger partial charge in [0.15, 0.2) is 0 Å². The molecule has 0 spiro atoms. The second-order valence-corrected chi connectivity index (χ2v) is 6.86. The highest BCUT2D eigenvalue weighted by molar-refractivity contribution is 6.06. The van der Waals surface area contributed by atoms with E-state index in [4.69, 9.17) is 4.42 Å². The van der Waals surface area contributed by atoms with Gasteiger partial charge in [-0.25, -0.2) is 4.79 Å². The minimum Gasteiger partial charge on any atom is -0.459 e. The van der Waals surface area contributed by atoms with Gasteiger partial charge in [-0.05, 0) is 40.0 Å². The van der Waals surface area contributed by atoms with Gasteiger partial charge in [-0.1, -0.05) is 18.2 Å². The molecule has 1 aliphatic heterocycles. The molecule has 6 nitrogen and oxygen atoms in total. The predicted molar refractivity (Wildman–Crippen MR) is 91.6 cm³/mol. The Hall–Kier alpha value is -2.34. The van der Waals surface area contributed by atoms with E-state index in [1.54, 1.807) is 13.8 Å². The average Bonchev–Trinajstić information content (AvgIpc) is 3.04. The van der Waals surface area contributed by atoms with Crippen molar-refractivity contribution in [3.63, 3.8) is 0 Å². The molecule has 0 radical (unpaired) electrons. The molecule has 0 bridgehead atoms. The minimum absolute atomic E-state index is 0.0474. The third-order valence-corrected chi connectivity index (χ3v) is 4.64. The number of nitrogens with one attached hydrogen (secondary N) is 1. The number of rotatable bonds is 5. The van der Waals surface area contributed by atoms with Gasteiger partial charge in [0.1, 0.15) is 16.9 Å². The number of benzene rings is 1. The van der Waals surface area contributed by atoms with E-state index in [2.05, 4.69) is 10.2 Å². The summed E-state index contributed by atoms with van der Waals surface area (Å²) in [6.07, 6.45) is 0. The number of para-hydroxylation sites is 1. The van der Waals surface area contributed by atoms with Crippen molar-refractivity contribution in [2.24, 2.45) is 0 Å². The number of amides is 3. The maximum atomic E-state index is 12.2. The normalized spacial score (nSPS) is 18.5. The topological polar surface area (TPSA) is 65.8 Å². The Morgan fingerprint density at radius 2 is 2.00 bits per heavy atom. The van der Waals surface area contributed by atoms with Crippen LogP contribution in [0.3, 0.4) is 0 Å². The van der Waals surface area contributed by atoms with Crippen LogP contribution in [0.15, 0.2) is 34.7 Å². The first kappa shape index (κ1) is 16.5. The summed E-state index contributed by atoms with van der Waals surface area (Å²) in [5, 5.41) is 3.77. The van der Waals surface area contributed by atoms with Crippen LogP contribution < -0.4 is 5.32 Å². The van der Waals surface area contributed by atoms with Gasteiger partial charge in [0.05, 0.1) is 6.04 Å². The molecule has 1 atom stereocenters. The van der Waals surface area contributed by atoms with Crippen LogP contribution in [0.25, 0.3) is 11.0 Å². The van der Waals surface area contributed by atoms with Gasteiger partial charge in [-0.15, -0.1) is 0 Å². The van der Waals surface area contributed by atoms with Gasteiger partial charge in [0.25, 0.3) is 5.91 Å². The van der Waals surface area contributed by atoms with E-state index in [9.17, 15) is 9.59 Å². The molecule has 24 heavy (non-hydrogen) atoms. The van der Waals surface area contributed by atoms with Crippen LogP contribution >= 0.6 is 0 Å². The number of hydrogen-bond acceptors (Lipinski definition) is 4. The third kappa shape index (κ3) is 2.89. The fraction of sp³-hybridized carbons (Fsp3) is 0.444. The van der Waals surface area contributed by atoms with E-state index in [0.29, 0.717) is 13.1 Å². The second kappa shape index (κ2) is 5.94. The summed E-state index contributed by atoms with van der Waals surface area (Å²) in [5.41, 5.74) is 0.0450. The monoisotopic (exact) mass is 329 g/mol. The molecule has 2 heterocycles. The maximum Gasteiger partial charge on any atom is 0.325 e. The van der Waals surface area contributed by atoms with Crippen LogP contribution in [0.2, 0.25) is 0 Å². The lowest BCUT2D eigenvalue weighted by atomic mass is 10.1. The molecule has 128 valence electrons. The zero-order valence-electron chi connectivity index (χ0n) is 14.5. The molecule has 1 N–H and O–H groups in total. The quantitative estimate of drug-likeness (QED) is 0.857. The van der Waals surface area contributed by atoms with E-state index in [1.165, 1.54) is 4.90 Å². The summed E-state index contributed by atoms with van der Waals surface area (Å²) in [6, 6.07) is 9.65. The van der Waals surface area contributed by atoms with E-state index in [1.807, 2.05) is 44.3 Å². The number of furan rings is 1. The van der Waals surface area contributed by atoms with Crippen LogP contribution in [0.4, 0.5) is 4.79 Å². The lowest BCUT2D eigenvalue weighted by Gasteiger charge is -2.25. The predicted octanol–water partition coefficient (Wildman–Crippen LogP) is 2.76. The molecule has 6 heteroatoms. The van der Waals surface area contributed by atoms with Crippen molar-refractivity contribution in [1.29, 1.82) is 0 Å². The van der Waals surface area contributed by atoms with Crippen LogP contribution in [0.5, 0.6) is 0 Å². The lowest BCUT2D eigenvalue weighted by Crippen LogP contribution is -2.41. The van der Waals surface area contributed by atoms with E-state index < -0.39 is 5.54 Å². The number of carbonyl (C=O) groups is 2.